The van der Waals surface area contributed by atoms with Crippen LogP contribution >= 0.6 is 11.3 Å². The van der Waals surface area contributed by atoms with Crippen molar-refractivity contribution in [1.82, 2.24) is 10.2 Å². The van der Waals surface area contributed by atoms with Gasteiger partial charge >= 0.3 is 0 Å². The van der Waals surface area contributed by atoms with E-state index in [4.69, 9.17) is 0 Å². The van der Waals surface area contributed by atoms with E-state index in [2.05, 4.69) is 37.9 Å². The molecule has 1 N–H and O–H groups in total. The minimum Gasteiger partial charge on any atom is -0.350 e. The molecule has 2 heterocycles. The van der Waals surface area contributed by atoms with Crippen LogP contribution in [0, 0.1) is 13.8 Å². The molecule has 0 spiro atoms. The molecule has 0 atom stereocenters. The summed E-state index contributed by atoms with van der Waals surface area (Å²) < 4.78 is 0. The molecule has 3 nitrogen and oxygen atoms in total. The number of aryl methyl sites for hydroxylation is 2. The van der Waals surface area contributed by atoms with Crippen LogP contribution in [0.25, 0.3) is 0 Å². The predicted molar refractivity (Wildman–Crippen MR) is 81.0 cm³/mol. The maximum Gasteiger partial charge on any atom is 0.261 e. The molecular weight excluding hydrogens is 256 g/mol. The summed E-state index contributed by atoms with van der Waals surface area (Å²) in [5.41, 5.74) is 1.50. The molecule has 0 bridgehead atoms. The van der Waals surface area contributed by atoms with E-state index >= 15 is 0 Å². The molecule has 1 aliphatic rings. The number of hydrogen-bond acceptors (Lipinski definition) is 3. The fourth-order valence-corrected chi connectivity index (χ4v) is 3.60. The van der Waals surface area contributed by atoms with Crippen LogP contribution in [0.5, 0.6) is 0 Å². The third kappa shape index (κ3) is 3.37. The zero-order chi connectivity index (χ0) is 14.0. The molecule has 1 aliphatic heterocycles. The second kappa shape index (κ2) is 5.63. The summed E-state index contributed by atoms with van der Waals surface area (Å²) in [5.74, 6) is 0.0678. The lowest BCUT2D eigenvalue weighted by molar-refractivity contribution is 0.0944. The Labute approximate surface area is 120 Å². The van der Waals surface area contributed by atoms with Gasteiger partial charge in [0.25, 0.3) is 5.91 Å². The molecule has 1 amide bonds. The summed E-state index contributed by atoms with van der Waals surface area (Å²) in [6, 6.07) is 1.98. The smallest absolute Gasteiger partial charge is 0.261 e. The van der Waals surface area contributed by atoms with Gasteiger partial charge in [0, 0.05) is 23.5 Å². The Morgan fingerprint density at radius 2 is 2.21 bits per heavy atom. The van der Waals surface area contributed by atoms with Crippen LogP contribution in [0.15, 0.2) is 6.07 Å². The molecule has 1 aromatic rings. The molecule has 0 aromatic carbocycles. The van der Waals surface area contributed by atoms with Crippen molar-refractivity contribution in [1.29, 1.82) is 0 Å². The Morgan fingerprint density at radius 1 is 1.47 bits per heavy atom. The molecular formula is C15H24N2OS. The zero-order valence-electron chi connectivity index (χ0n) is 12.4. The second-order valence-electron chi connectivity index (χ2n) is 6.01. The van der Waals surface area contributed by atoms with Crippen LogP contribution in [0.3, 0.4) is 0 Å². The van der Waals surface area contributed by atoms with Crippen molar-refractivity contribution >= 4 is 17.2 Å². The zero-order valence-corrected chi connectivity index (χ0v) is 13.2. The molecule has 1 aromatic heterocycles. The van der Waals surface area contributed by atoms with E-state index in [0.717, 1.165) is 24.5 Å². The van der Waals surface area contributed by atoms with E-state index in [9.17, 15) is 4.79 Å². The molecule has 0 aliphatic carbocycles. The fraction of sp³-hybridized carbons (Fsp3) is 0.667. The topological polar surface area (TPSA) is 32.3 Å². The van der Waals surface area contributed by atoms with E-state index in [1.807, 2.05) is 6.07 Å². The highest BCUT2D eigenvalue weighted by atomic mass is 32.1. The van der Waals surface area contributed by atoms with E-state index in [-0.39, 0.29) is 5.91 Å². The van der Waals surface area contributed by atoms with Crippen molar-refractivity contribution < 1.29 is 4.79 Å². The molecule has 19 heavy (non-hydrogen) atoms. The lowest BCUT2D eigenvalue weighted by atomic mass is 10.0. The van der Waals surface area contributed by atoms with Crippen LogP contribution in [-0.4, -0.2) is 36.0 Å². The Kier molecular flexibility index (Phi) is 4.31. The average Bonchev–Trinajstić information content (AvgIpc) is 2.83. The number of likely N-dealkylation sites (tertiary alicyclic amines) is 1. The first-order valence-corrected chi connectivity index (χ1v) is 7.82. The molecule has 106 valence electrons. The van der Waals surface area contributed by atoms with E-state index < -0.39 is 0 Å². The van der Waals surface area contributed by atoms with Crippen molar-refractivity contribution in [3.8, 4) is 0 Å². The van der Waals surface area contributed by atoms with E-state index in [0.29, 0.717) is 5.54 Å². The first-order chi connectivity index (χ1) is 8.90. The quantitative estimate of drug-likeness (QED) is 0.919. The van der Waals surface area contributed by atoms with Crippen molar-refractivity contribution in [3.63, 3.8) is 0 Å². The molecule has 2 rings (SSSR count). The molecule has 1 fully saturated rings. The largest absolute Gasteiger partial charge is 0.350 e. The summed E-state index contributed by atoms with van der Waals surface area (Å²) in [7, 11) is 0. The van der Waals surface area contributed by atoms with Crippen LogP contribution in [0.2, 0.25) is 0 Å². The van der Waals surface area contributed by atoms with Crippen molar-refractivity contribution in [3.05, 3.63) is 21.4 Å². The summed E-state index contributed by atoms with van der Waals surface area (Å²) in [6.45, 7) is 11.5. The molecule has 0 saturated carbocycles. The monoisotopic (exact) mass is 280 g/mol. The van der Waals surface area contributed by atoms with Gasteiger partial charge in [0.2, 0.25) is 0 Å². The Hall–Kier alpha value is -0.870. The van der Waals surface area contributed by atoms with E-state index in [1.165, 1.54) is 23.3 Å². The highest BCUT2D eigenvalue weighted by Crippen LogP contribution is 2.27. The minimum absolute atomic E-state index is 0.0678. The number of rotatable bonds is 4. The normalized spacial score (nSPS) is 18.7. The number of nitrogens with one attached hydrogen (secondary N) is 1. The predicted octanol–water partition coefficient (Wildman–Crippen LogP) is 2.97. The number of thiophene rings is 1. The third-order valence-electron chi connectivity index (χ3n) is 4.13. The number of hydrogen-bond donors (Lipinski definition) is 1. The van der Waals surface area contributed by atoms with E-state index in [1.54, 1.807) is 11.3 Å². The summed E-state index contributed by atoms with van der Waals surface area (Å²) >= 11 is 1.58. The van der Waals surface area contributed by atoms with Gasteiger partial charge in [0.05, 0.1) is 4.88 Å². The minimum atomic E-state index is 0.0678. The highest BCUT2D eigenvalue weighted by molar-refractivity contribution is 7.14. The number of amides is 1. The molecule has 4 heteroatoms. The SMILES string of the molecule is Cc1cc(C(=O)NCCN2CCCC2(C)C)sc1C. The second-order valence-corrected chi connectivity index (χ2v) is 7.27. The van der Waals surface area contributed by atoms with Gasteiger partial charge in [-0.05, 0) is 58.7 Å². The molecule has 0 radical (unpaired) electrons. The lowest BCUT2D eigenvalue weighted by Crippen LogP contribution is -2.42. The average molecular weight is 280 g/mol. The van der Waals surface area contributed by atoms with Crippen LogP contribution in [-0.2, 0) is 0 Å². The third-order valence-corrected chi connectivity index (χ3v) is 5.28. The Morgan fingerprint density at radius 3 is 2.74 bits per heavy atom. The van der Waals surface area contributed by atoms with Gasteiger partial charge in [-0.15, -0.1) is 11.3 Å². The van der Waals surface area contributed by atoms with Gasteiger partial charge in [0.15, 0.2) is 0 Å². The van der Waals surface area contributed by atoms with Crippen LogP contribution in [0.1, 0.15) is 46.8 Å². The number of nitrogens with zero attached hydrogens (tertiary/aromatic N) is 1. The summed E-state index contributed by atoms with van der Waals surface area (Å²) in [4.78, 5) is 16.6. The first kappa shape index (κ1) is 14.5. The maximum absolute atomic E-state index is 12.0. The summed E-state index contributed by atoms with van der Waals surface area (Å²) in [5, 5.41) is 3.03. The number of carbonyl (C=O) groups excluding carboxylic acids is 1. The van der Waals surface area contributed by atoms with Gasteiger partial charge in [-0.25, -0.2) is 0 Å². The van der Waals surface area contributed by atoms with Gasteiger partial charge in [-0.3, -0.25) is 9.69 Å². The van der Waals surface area contributed by atoms with Gasteiger partial charge < -0.3 is 5.32 Å². The lowest BCUT2D eigenvalue weighted by Gasteiger charge is -2.31. The summed E-state index contributed by atoms with van der Waals surface area (Å²) in [6.07, 6.45) is 2.52. The first-order valence-electron chi connectivity index (χ1n) is 7.00. The highest BCUT2D eigenvalue weighted by Gasteiger charge is 2.31. The number of carbonyl (C=O) groups is 1. The van der Waals surface area contributed by atoms with Crippen molar-refractivity contribution in [2.45, 2.75) is 46.1 Å². The van der Waals surface area contributed by atoms with Crippen LogP contribution < -0.4 is 5.32 Å². The van der Waals surface area contributed by atoms with Gasteiger partial charge in [-0.2, -0.15) is 0 Å². The van der Waals surface area contributed by atoms with Crippen molar-refractivity contribution in [2.75, 3.05) is 19.6 Å². The van der Waals surface area contributed by atoms with Gasteiger partial charge in [-0.1, -0.05) is 0 Å². The molecule has 0 unspecified atom stereocenters. The maximum atomic E-state index is 12.0. The molecule has 1 saturated heterocycles. The van der Waals surface area contributed by atoms with Crippen molar-refractivity contribution in [2.24, 2.45) is 0 Å². The Bertz CT molecular complexity index is 445. The Balaban J connectivity index is 1.81. The van der Waals surface area contributed by atoms with Crippen LogP contribution in [0.4, 0.5) is 0 Å². The van der Waals surface area contributed by atoms with Gasteiger partial charge in [0.1, 0.15) is 0 Å². The standard InChI is InChI=1S/C15H24N2OS/c1-11-10-13(19-12(11)2)14(18)16-7-9-17-8-5-6-15(17,3)4/h10H,5-9H2,1-4H3,(H,16,18). The fourth-order valence-electron chi connectivity index (χ4n) is 2.65.